The zero-order chi connectivity index (χ0) is 14.5. The van der Waals surface area contributed by atoms with E-state index in [9.17, 15) is 0 Å². The van der Waals surface area contributed by atoms with E-state index in [1.54, 1.807) is 11.8 Å². The van der Waals surface area contributed by atoms with Gasteiger partial charge < -0.3 is 5.32 Å². The topological polar surface area (TPSA) is 12.0 Å². The summed E-state index contributed by atoms with van der Waals surface area (Å²) in [4.78, 5) is 2.28. The van der Waals surface area contributed by atoms with E-state index >= 15 is 0 Å². The molecule has 0 fully saturated rings. The fourth-order valence-corrected chi connectivity index (χ4v) is 2.98. The van der Waals surface area contributed by atoms with Crippen LogP contribution in [0.5, 0.6) is 0 Å². The lowest BCUT2D eigenvalue weighted by Gasteiger charge is -2.10. The molecule has 4 heteroatoms. The van der Waals surface area contributed by atoms with Crippen LogP contribution in [0.25, 0.3) is 0 Å². The Bertz CT molecular complexity index is 567. The SMILES string of the molecule is CC(C)NCc1ccc(Sc2ccc(Cl)cc2)cc1Cl. The molecule has 0 heterocycles. The van der Waals surface area contributed by atoms with Gasteiger partial charge in [-0.05, 0) is 42.0 Å². The number of hydrogen-bond donors (Lipinski definition) is 1. The van der Waals surface area contributed by atoms with Crippen LogP contribution in [0.4, 0.5) is 0 Å². The summed E-state index contributed by atoms with van der Waals surface area (Å²) in [5, 5.41) is 4.93. The van der Waals surface area contributed by atoms with Gasteiger partial charge in [0.05, 0.1) is 0 Å². The average Bonchev–Trinajstić information content (AvgIpc) is 2.40. The molecule has 0 aliphatic heterocycles. The second-order valence-corrected chi connectivity index (χ2v) is 6.84. The lowest BCUT2D eigenvalue weighted by Crippen LogP contribution is -2.21. The van der Waals surface area contributed by atoms with Gasteiger partial charge in [0.2, 0.25) is 0 Å². The number of benzene rings is 2. The third-order valence-corrected chi connectivity index (χ3v) is 4.38. The minimum Gasteiger partial charge on any atom is -0.310 e. The number of halogens is 2. The molecule has 2 aromatic carbocycles. The van der Waals surface area contributed by atoms with Gasteiger partial charge in [0.25, 0.3) is 0 Å². The standard InChI is InChI=1S/C16H17Cl2NS/c1-11(2)19-10-12-3-6-15(9-16(12)18)20-14-7-4-13(17)5-8-14/h3-9,11,19H,10H2,1-2H3. The highest BCUT2D eigenvalue weighted by Gasteiger charge is 2.04. The molecule has 0 aliphatic rings. The van der Waals surface area contributed by atoms with Crippen LogP contribution >= 0.6 is 35.0 Å². The highest BCUT2D eigenvalue weighted by Crippen LogP contribution is 2.31. The monoisotopic (exact) mass is 325 g/mol. The Hall–Kier alpha value is -0.670. The van der Waals surface area contributed by atoms with E-state index in [0.717, 1.165) is 31.9 Å². The molecule has 0 radical (unpaired) electrons. The number of hydrogen-bond acceptors (Lipinski definition) is 2. The molecule has 20 heavy (non-hydrogen) atoms. The lowest BCUT2D eigenvalue weighted by atomic mass is 10.2. The molecule has 0 saturated carbocycles. The van der Waals surface area contributed by atoms with Crippen molar-refractivity contribution < 1.29 is 0 Å². The van der Waals surface area contributed by atoms with Gasteiger partial charge in [0.1, 0.15) is 0 Å². The van der Waals surface area contributed by atoms with Crippen molar-refractivity contribution in [3.8, 4) is 0 Å². The van der Waals surface area contributed by atoms with E-state index in [1.165, 1.54) is 0 Å². The molecule has 2 aromatic rings. The Morgan fingerprint density at radius 2 is 1.65 bits per heavy atom. The molecule has 0 aliphatic carbocycles. The van der Waals surface area contributed by atoms with E-state index in [2.05, 4.69) is 31.3 Å². The first-order valence-corrected chi connectivity index (χ1v) is 8.07. The zero-order valence-corrected chi connectivity index (χ0v) is 13.8. The predicted molar refractivity (Wildman–Crippen MR) is 89.0 cm³/mol. The second-order valence-electron chi connectivity index (χ2n) is 4.84. The molecule has 0 aromatic heterocycles. The number of nitrogens with one attached hydrogen (secondary N) is 1. The molecule has 0 spiro atoms. The van der Waals surface area contributed by atoms with E-state index in [-0.39, 0.29) is 0 Å². The molecular formula is C16H17Cl2NS. The highest BCUT2D eigenvalue weighted by molar-refractivity contribution is 7.99. The van der Waals surface area contributed by atoms with Crippen molar-refractivity contribution in [3.05, 3.63) is 58.1 Å². The maximum Gasteiger partial charge on any atom is 0.0462 e. The quantitative estimate of drug-likeness (QED) is 0.763. The fourth-order valence-electron chi connectivity index (χ4n) is 1.69. The summed E-state index contributed by atoms with van der Waals surface area (Å²) in [5.41, 5.74) is 1.13. The first-order valence-electron chi connectivity index (χ1n) is 6.50. The Morgan fingerprint density at radius 3 is 2.25 bits per heavy atom. The fraction of sp³-hybridized carbons (Fsp3) is 0.250. The maximum absolute atomic E-state index is 6.33. The van der Waals surface area contributed by atoms with E-state index in [4.69, 9.17) is 23.2 Å². The van der Waals surface area contributed by atoms with Gasteiger partial charge in [-0.2, -0.15) is 0 Å². The van der Waals surface area contributed by atoms with Crippen LogP contribution in [0.1, 0.15) is 19.4 Å². The van der Waals surface area contributed by atoms with E-state index in [1.807, 2.05) is 30.3 Å². The molecular weight excluding hydrogens is 309 g/mol. The Labute approximate surface area is 134 Å². The van der Waals surface area contributed by atoms with E-state index in [0.29, 0.717) is 6.04 Å². The molecule has 2 rings (SSSR count). The normalized spacial score (nSPS) is 11.1. The maximum atomic E-state index is 6.33. The molecule has 0 amide bonds. The van der Waals surface area contributed by atoms with Crippen LogP contribution in [0.15, 0.2) is 52.3 Å². The molecule has 1 N–H and O–H groups in total. The van der Waals surface area contributed by atoms with Crippen LogP contribution in [0, 0.1) is 0 Å². The van der Waals surface area contributed by atoms with Gasteiger partial charge >= 0.3 is 0 Å². The van der Waals surface area contributed by atoms with Gasteiger partial charge in [-0.15, -0.1) is 0 Å². The second kappa shape index (κ2) is 7.37. The van der Waals surface area contributed by atoms with Gasteiger partial charge in [0.15, 0.2) is 0 Å². The van der Waals surface area contributed by atoms with Crippen LogP contribution in [0.2, 0.25) is 10.0 Å². The highest BCUT2D eigenvalue weighted by atomic mass is 35.5. The Morgan fingerprint density at radius 1 is 1.00 bits per heavy atom. The third kappa shape index (κ3) is 4.71. The predicted octanol–water partition coefficient (Wildman–Crippen LogP) is 5.64. The summed E-state index contributed by atoms with van der Waals surface area (Å²) in [7, 11) is 0. The van der Waals surface area contributed by atoms with Crippen LogP contribution < -0.4 is 5.32 Å². The number of rotatable bonds is 5. The zero-order valence-electron chi connectivity index (χ0n) is 11.5. The average molecular weight is 326 g/mol. The van der Waals surface area contributed by atoms with E-state index < -0.39 is 0 Å². The first-order chi connectivity index (χ1) is 9.54. The largest absolute Gasteiger partial charge is 0.310 e. The summed E-state index contributed by atoms with van der Waals surface area (Å²) < 4.78 is 0. The van der Waals surface area contributed by atoms with Crippen molar-refractivity contribution in [2.45, 2.75) is 36.2 Å². The Kier molecular flexibility index (Phi) is 5.79. The molecule has 0 saturated heterocycles. The molecule has 0 bridgehead atoms. The van der Waals surface area contributed by atoms with Gasteiger partial charge in [-0.3, -0.25) is 0 Å². The van der Waals surface area contributed by atoms with Crippen LogP contribution in [-0.4, -0.2) is 6.04 Å². The van der Waals surface area contributed by atoms with Crippen molar-refractivity contribution in [1.82, 2.24) is 5.32 Å². The summed E-state index contributed by atoms with van der Waals surface area (Å²) in [6, 6.07) is 14.5. The molecule has 0 atom stereocenters. The van der Waals surface area contributed by atoms with Crippen molar-refractivity contribution in [3.63, 3.8) is 0 Å². The Balaban J connectivity index is 2.06. The van der Waals surface area contributed by atoms with Gasteiger partial charge in [-0.25, -0.2) is 0 Å². The lowest BCUT2D eigenvalue weighted by molar-refractivity contribution is 0.589. The summed E-state index contributed by atoms with van der Waals surface area (Å²) >= 11 is 13.9. The van der Waals surface area contributed by atoms with Crippen molar-refractivity contribution >= 4 is 35.0 Å². The summed E-state index contributed by atoms with van der Waals surface area (Å²) in [6.45, 7) is 5.04. The summed E-state index contributed by atoms with van der Waals surface area (Å²) in [5.74, 6) is 0. The third-order valence-electron chi connectivity index (χ3n) is 2.77. The van der Waals surface area contributed by atoms with Crippen molar-refractivity contribution in [2.24, 2.45) is 0 Å². The smallest absolute Gasteiger partial charge is 0.0462 e. The molecule has 106 valence electrons. The van der Waals surface area contributed by atoms with Crippen molar-refractivity contribution in [2.75, 3.05) is 0 Å². The van der Waals surface area contributed by atoms with Gasteiger partial charge in [0, 0.05) is 32.4 Å². The van der Waals surface area contributed by atoms with Crippen LogP contribution in [0.3, 0.4) is 0 Å². The van der Waals surface area contributed by atoms with Crippen LogP contribution in [-0.2, 0) is 6.54 Å². The van der Waals surface area contributed by atoms with Crippen molar-refractivity contribution in [1.29, 1.82) is 0 Å². The van der Waals surface area contributed by atoms with Gasteiger partial charge in [-0.1, -0.05) is 54.9 Å². The first kappa shape index (κ1) is 15.7. The molecule has 1 nitrogen and oxygen atoms in total. The summed E-state index contributed by atoms with van der Waals surface area (Å²) in [6.07, 6.45) is 0. The minimum absolute atomic E-state index is 0.453. The minimum atomic E-state index is 0.453. The molecule has 0 unspecified atom stereocenters.